The maximum atomic E-state index is 3.98. The van der Waals surface area contributed by atoms with E-state index < -0.39 is 0 Å². The molecule has 0 bridgehead atoms. The van der Waals surface area contributed by atoms with E-state index in [0.717, 1.165) is 18.0 Å². The van der Waals surface area contributed by atoms with E-state index in [1.807, 2.05) is 0 Å². The van der Waals surface area contributed by atoms with Gasteiger partial charge in [-0.25, -0.2) is 0 Å². The predicted molar refractivity (Wildman–Crippen MR) is 79.8 cm³/mol. The fourth-order valence-electron chi connectivity index (χ4n) is 4.15. The minimum atomic E-state index is 0.590. The number of nitrogens with one attached hydrogen (secondary N) is 1. The van der Waals surface area contributed by atoms with Crippen LogP contribution in [0.5, 0.6) is 0 Å². The van der Waals surface area contributed by atoms with E-state index in [9.17, 15) is 0 Å². The van der Waals surface area contributed by atoms with Crippen LogP contribution in [0.2, 0.25) is 0 Å². The second-order valence-corrected chi connectivity index (χ2v) is 7.63. The van der Waals surface area contributed by atoms with E-state index in [1.165, 1.54) is 64.2 Å². The molecule has 0 aliphatic heterocycles. The van der Waals surface area contributed by atoms with Crippen molar-refractivity contribution in [3.05, 3.63) is 0 Å². The minimum absolute atomic E-state index is 0.590. The summed E-state index contributed by atoms with van der Waals surface area (Å²) < 4.78 is 0. The van der Waals surface area contributed by atoms with Crippen LogP contribution in [-0.2, 0) is 0 Å². The maximum Gasteiger partial charge on any atom is 0.00749 e. The van der Waals surface area contributed by atoms with Gasteiger partial charge in [0.1, 0.15) is 0 Å². The van der Waals surface area contributed by atoms with E-state index in [0.29, 0.717) is 5.41 Å². The molecule has 3 unspecified atom stereocenters. The molecule has 2 fully saturated rings. The Balaban J connectivity index is 1.74. The molecule has 0 heterocycles. The lowest BCUT2D eigenvalue weighted by atomic mass is 9.91. The van der Waals surface area contributed by atoms with Gasteiger partial charge < -0.3 is 5.32 Å². The SMILES string of the molecule is CCCC1CCCC(NC2CCC(C)(C)C2)CC1. The Labute approximate surface area is 114 Å². The Hall–Kier alpha value is -0.0400. The summed E-state index contributed by atoms with van der Waals surface area (Å²) in [6, 6.07) is 1.64. The molecule has 2 saturated carbocycles. The topological polar surface area (TPSA) is 12.0 Å². The molecule has 0 spiro atoms. The summed E-state index contributed by atoms with van der Waals surface area (Å²) in [5, 5.41) is 3.98. The van der Waals surface area contributed by atoms with Gasteiger partial charge in [-0.1, -0.05) is 46.5 Å². The molecule has 2 aliphatic rings. The van der Waals surface area contributed by atoms with Crippen LogP contribution in [0.4, 0.5) is 0 Å². The fraction of sp³-hybridized carbons (Fsp3) is 1.00. The summed E-state index contributed by atoms with van der Waals surface area (Å²) in [5.74, 6) is 1.03. The van der Waals surface area contributed by atoms with Crippen LogP contribution >= 0.6 is 0 Å². The fourth-order valence-corrected chi connectivity index (χ4v) is 4.15. The van der Waals surface area contributed by atoms with E-state index in [-0.39, 0.29) is 0 Å². The van der Waals surface area contributed by atoms with Gasteiger partial charge in [0.25, 0.3) is 0 Å². The highest BCUT2D eigenvalue weighted by Gasteiger charge is 2.32. The Morgan fingerprint density at radius 1 is 1.00 bits per heavy atom. The lowest BCUT2D eigenvalue weighted by Gasteiger charge is -2.23. The molecule has 0 saturated heterocycles. The largest absolute Gasteiger partial charge is 0.311 e. The zero-order chi connectivity index (χ0) is 13.0. The zero-order valence-corrected chi connectivity index (χ0v) is 12.8. The molecule has 2 rings (SSSR count). The molecular weight excluding hydrogens is 218 g/mol. The van der Waals surface area contributed by atoms with Crippen LogP contribution in [0, 0.1) is 11.3 Å². The third-order valence-corrected chi connectivity index (χ3v) is 5.23. The van der Waals surface area contributed by atoms with Crippen molar-refractivity contribution in [2.45, 2.75) is 97.1 Å². The van der Waals surface area contributed by atoms with Gasteiger partial charge in [-0.3, -0.25) is 0 Å². The average molecular weight is 251 g/mol. The standard InChI is InChI=1S/C17H33N/c1-4-6-14-7-5-8-15(10-9-14)18-16-11-12-17(2,3)13-16/h14-16,18H,4-13H2,1-3H3. The van der Waals surface area contributed by atoms with Crippen LogP contribution in [0.1, 0.15) is 85.0 Å². The third kappa shape index (κ3) is 4.26. The van der Waals surface area contributed by atoms with Gasteiger partial charge in [0.05, 0.1) is 0 Å². The average Bonchev–Trinajstić information content (AvgIpc) is 2.51. The van der Waals surface area contributed by atoms with Crippen LogP contribution in [-0.4, -0.2) is 12.1 Å². The highest BCUT2D eigenvalue weighted by molar-refractivity contribution is 4.89. The molecule has 0 radical (unpaired) electrons. The summed E-state index contributed by atoms with van der Waals surface area (Å²) in [6.07, 6.45) is 14.3. The Morgan fingerprint density at radius 2 is 1.83 bits per heavy atom. The highest BCUT2D eigenvalue weighted by atomic mass is 15.0. The predicted octanol–water partition coefficient (Wildman–Crippen LogP) is 4.90. The Bertz CT molecular complexity index is 246. The van der Waals surface area contributed by atoms with Crippen molar-refractivity contribution in [1.82, 2.24) is 5.32 Å². The van der Waals surface area contributed by atoms with Crippen LogP contribution in [0.3, 0.4) is 0 Å². The number of hydrogen-bond acceptors (Lipinski definition) is 1. The monoisotopic (exact) mass is 251 g/mol. The first kappa shape index (κ1) is 14.4. The smallest absolute Gasteiger partial charge is 0.00749 e. The van der Waals surface area contributed by atoms with E-state index in [1.54, 1.807) is 0 Å². The quantitative estimate of drug-likeness (QED) is 0.700. The highest BCUT2D eigenvalue weighted by Crippen LogP contribution is 2.37. The van der Waals surface area contributed by atoms with Gasteiger partial charge in [-0.15, -0.1) is 0 Å². The zero-order valence-electron chi connectivity index (χ0n) is 12.8. The van der Waals surface area contributed by atoms with E-state index in [4.69, 9.17) is 0 Å². The minimum Gasteiger partial charge on any atom is -0.311 e. The molecule has 0 aromatic heterocycles. The maximum absolute atomic E-state index is 3.98. The lowest BCUT2D eigenvalue weighted by Crippen LogP contribution is -2.37. The van der Waals surface area contributed by atoms with Crippen molar-refractivity contribution in [3.63, 3.8) is 0 Å². The second kappa shape index (κ2) is 6.41. The molecule has 0 aromatic carbocycles. The van der Waals surface area contributed by atoms with Gasteiger partial charge in [0.2, 0.25) is 0 Å². The first-order chi connectivity index (χ1) is 8.59. The van der Waals surface area contributed by atoms with E-state index >= 15 is 0 Å². The summed E-state index contributed by atoms with van der Waals surface area (Å²) in [5.41, 5.74) is 0.590. The van der Waals surface area contributed by atoms with Gasteiger partial charge in [0.15, 0.2) is 0 Å². The van der Waals surface area contributed by atoms with Crippen LogP contribution < -0.4 is 5.32 Å². The molecule has 106 valence electrons. The summed E-state index contributed by atoms with van der Waals surface area (Å²) in [4.78, 5) is 0. The Kier molecular flexibility index (Phi) is 5.12. The third-order valence-electron chi connectivity index (χ3n) is 5.23. The van der Waals surface area contributed by atoms with E-state index in [2.05, 4.69) is 26.1 Å². The molecule has 1 N–H and O–H groups in total. The van der Waals surface area contributed by atoms with Crippen LogP contribution in [0.25, 0.3) is 0 Å². The molecule has 2 aliphatic carbocycles. The lowest BCUT2D eigenvalue weighted by molar-refractivity contribution is 0.339. The van der Waals surface area contributed by atoms with Gasteiger partial charge in [0, 0.05) is 12.1 Å². The summed E-state index contributed by atoms with van der Waals surface area (Å²) >= 11 is 0. The van der Waals surface area contributed by atoms with Gasteiger partial charge in [-0.2, -0.15) is 0 Å². The summed E-state index contributed by atoms with van der Waals surface area (Å²) in [7, 11) is 0. The normalized spacial score (nSPS) is 36.5. The van der Waals surface area contributed by atoms with Crippen molar-refractivity contribution >= 4 is 0 Å². The molecular formula is C17H33N. The molecule has 0 aromatic rings. The summed E-state index contributed by atoms with van der Waals surface area (Å²) in [6.45, 7) is 7.19. The first-order valence-electron chi connectivity index (χ1n) is 8.35. The van der Waals surface area contributed by atoms with Crippen molar-refractivity contribution in [2.75, 3.05) is 0 Å². The van der Waals surface area contributed by atoms with Gasteiger partial charge >= 0.3 is 0 Å². The molecule has 1 heteroatoms. The van der Waals surface area contributed by atoms with Crippen molar-refractivity contribution in [2.24, 2.45) is 11.3 Å². The first-order valence-corrected chi connectivity index (χ1v) is 8.35. The number of rotatable bonds is 4. The molecule has 3 atom stereocenters. The Morgan fingerprint density at radius 3 is 2.50 bits per heavy atom. The molecule has 1 nitrogen and oxygen atoms in total. The molecule has 0 amide bonds. The van der Waals surface area contributed by atoms with Crippen molar-refractivity contribution in [3.8, 4) is 0 Å². The van der Waals surface area contributed by atoms with Crippen molar-refractivity contribution in [1.29, 1.82) is 0 Å². The van der Waals surface area contributed by atoms with Gasteiger partial charge in [-0.05, 0) is 49.9 Å². The number of hydrogen-bond donors (Lipinski definition) is 1. The van der Waals surface area contributed by atoms with Crippen LogP contribution in [0.15, 0.2) is 0 Å². The second-order valence-electron chi connectivity index (χ2n) is 7.63. The molecule has 18 heavy (non-hydrogen) atoms. The van der Waals surface area contributed by atoms with Crippen molar-refractivity contribution < 1.29 is 0 Å².